The molecule has 4 nitrogen and oxygen atoms in total. The summed E-state index contributed by atoms with van der Waals surface area (Å²) in [4.78, 5) is 11.0. The number of allylic oxidation sites excluding steroid dienone is 1. The Balaban J connectivity index is 1.40. The maximum absolute atomic E-state index is 11.0. The Morgan fingerprint density at radius 3 is 2.52 bits per heavy atom. The lowest BCUT2D eigenvalue weighted by atomic mass is 9.77. The summed E-state index contributed by atoms with van der Waals surface area (Å²) in [7, 11) is 0. The van der Waals surface area contributed by atoms with Crippen LogP contribution in [0.4, 0.5) is 0 Å². The quantitative estimate of drug-likeness (QED) is 0.662. The van der Waals surface area contributed by atoms with Crippen molar-refractivity contribution in [3.63, 3.8) is 0 Å². The molecule has 5 atom stereocenters. The number of aliphatic hydroxyl groups is 1. The SMILES string of the molecule is O=C(O)c1ccc(C=CC[C@@H]2[C@H](C=CC(O)c3ccccc3)[C@@H]3CC[C@H]2O3)cc1. The second kappa shape index (κ2) is 8.76. The van der Waals surface area contributed by atoms with Crippen molar-refractivity contribution in [1.29, 1.82) is 0 Å². The van der Waals surface area contributed by atoms with Gasteiger partial charge in [0.05, 0.1) is 23.9 Å². The zero-order valence-corrected chi connectivity index (χ0v) is 16.2. The fourth-order valence-corrected chi connectivity index (χ4v) is 4.48. The van der Waals surface area contributed by atoms with Crippen LogP contribution in [-0.4, -0.2) is 28.4 Å². The van der Waals surface area contributed by atoms with Gasteiger partial charge in [0.2, 0.25) is 0 Å². The maximum Gasteiger partial charge on any atom is 0.335 e. The molecule has 150 valence electrons. The molecule has 4 rings (SSSR count). The highest BCUT2D eigenvalue weighted by atomic mass is 16.5. The molecule has 4 heteroatoms. The first-order chi connectivity index (χ1) is 14.1. The van der Waals surface area contributed by atoms with Gasteiger partial charge in [-0.3, -0.25) is 0 Å². The molecule has 2 aliphatic rings. The smallest absolute Gasteiger partial charge is 0.335 e. The van der Waals surface area contributed by atoms with Gasteiger partial charge in [0.25, 0.3) is 0 Å². The first-order valence-electron chi connectivity index (χ1n) is 10.2. The van der Waals surface area contributed by atoms with Crippen LogP contribution in [0.3, 0.4) is 0 Å². The lowest BCUT2D eigenvalue weighted by molar-refractivity contribution is 0.0697. The minimum atomic E-state index is -0.910. The molecule has 0 radical (unpaired) electrons. The summed E-state index contributed by atoms with van der Waals surface area (Å²) in [6, 6.07) is 16.6. The van der Waals surface area contributed by atoms with E-state index in [1.807, 2.05) is 54.6 Å². The number of aliphatic hydroxyl groups excluding tert-OH is 1. The minimum Gasteiger partial charge on any atom is -0.478 e. The van der Waals surface area contributed by atoms with E-state index < -0.39 is 12.1 Å². The summed E-state index contributed by atoms with van der Waals surface area (Å²) in [6.45, 7) is 0. The van der Waals surface area contributed by atoms with E-state index in [-0.39, 0.29) is 12.2 Å². The number of fused-ring (bicyclic) bond motifs is 2. The number of rotatable bonds is 7. The highest BCUT2D eigenvalue weighted by Gasteiger charge is 2.46. The molecule has 1 unspecified atom stereocenters. The number of benzene rings is 2. The Hall–Kier alpha value is -2.69. The molecule has 29 heavy (non-hydrogen) atoms. The molecule has 2 saturated heterocycles. The van der Waals surface area contributed by atoms with Crippen molar-refractivity contribution in [2.45, 2.75) is 37.6 Å². The van der Waals surface area contributed by atoms with Crippen LogP contribution in [-0.2, 0) is 4.74 Å². The third-order valence-corrected chi connectivity index (χ3v) is 6.02. The monoisotopic (exact) mass is 390 g/mol. The van der Waals surface area contributed by atoms with Gasteiger partial charge in [-0.05, 0) is 48.4 Å². The van der Waals surface area contributed by atoms with Gasteiger partial charge in [-0.1, -0.05) is 66.8 Å². The first-order valence-corrected chi connectivity index (χ1v) is 10.2. The van der Waals surface area contributed by atoms with Gasteiger partial charge >= 0.3 is 5.97 Å². The van der Waals surface area contributed by atoms with E-state index in [0.717, 1.165) is 30.4 Å². The summed E-state index contributed by atoms with van der Waals surface area (Å²) < 4.78 is 6.15. The van der Waals surface area contributed by atoms with E-state index in [2.05, 4.69) is 12.2 Å². The van der Waals surface area contributed by atoms with Gasteiger partial charge in [-0.15, -0.1) is 0 Å². The lowest BCUT2D eigenvalue weighted by Gasteiger charge is -2.25. The van der Waals surface area contributed by atoms with E-state index in [4.69, 9.17) is 9.84 Å². The predicted molar refractivity (Wildman–Crippen MR) is 112 cm³/mol. The number of ether oxygens (including phenoxy) is 1. The Bertz CT molecular complexity index is 885. The van der Waals surface area contributed by atoms with Crippen LogP contribution in [0.2, 0.25) is 0 Å². The topological polar surface area (TPSA) is 66.8 Å². The number of carboxylic acid groups (broad SMARTS) is 1. The van der Waals surface area contributed by atoms with Crippen molar-refractivity contribution in [1.82, 2.24) is 0 Å². The predicted octanol–water partition coefficient (Wildman–Crippen LogP) is 4.87. The molecular formula is C25H26O4. The van der Waals surface area contributed by atoms with Gasteiger partial charge in [-0.2, -0.15) is 0 Å². The molecule has 0 spiro atoms. The van der Waals surface area contributed by atoms with Gasteiger partial charge in [0.1, 0.15) is 0 Å². The molecule has 2 heterocycles. The van der Waals surface area contributed by atoms with Crippen LogP contribution >= 0.6 is 0 Å². The molecular weight excluding hydrogens is 364 g/mol. The zero-order valence-electron chi connectivity index (χ0n) is 16.2. The molecule has 0 aromatic heterocycles. The largest absolute Gasteiger partial charge is 0.478 e. The fraction of sp³-hybridized carbons (Fsp3) is 0.320. The van der Waals surface area contributed by atoms with Gasteiger partial charge in [0.15, 0.2) is 0 Å². The van der Waals surface area contributed by atoms with Crippen molar-refractivity contribution in [3.8, 4) is 0 Å². The molecule has 2 fully saturated rings. The molecule has 2 aromatic carbocycles. The summed E-state index contributed by atoms with van der Waals surface area (Å²) in [6.07, 6.45) is 11.2. The summed E-state index contributed by atoms with van der Waals surface area (Å²) in [5.74, 6) is -0.194. The molecule has 0 amide bonds. The molecule has 2 aliphatic heterocycles. The van der Waals surface area contributed by atoms with Crippen LogP contribution in [0.1, 0.15) is 46.9 Å². The normalized spacial score (nSPS) is 27.1. The highest BCUT2D eigenvalue weighted by molar-refractivity contribution is 5.87. The first kappa shape index (κ1) is 19.6. The van der Waals surface area contributed by atoms with Crippen LogP contribution in [0.15, 0.2) is 72.8 Å². The van der Waals surface area contributed by atoms with Crippen LogP contribution in [0, 0.1) is 11.8 Å². The Labute approximate surface area is 171 Å². The fourth-order valence-electron chi connectivity index (χ4n) is 4.48. The molecule has 2 aromatic rings. The van der Waals surface area contributed by atoms with Crippen molar-refractivity contribution in [2.75, 3.05) is 0 Å². The maximum atomic E-state index is 11.0. The molecule has 2 bridgehead atoms. The Kier molecular flexibility index (Phi) is 5.93. The second-order valence-corrected chi connectivity index (χ2v) is 7.84. The van der Waals surface area contributed by atoms with Crippen LogP contribution in [0.5, 0.6) is 0 Å². The lowest BCUT2D eigenvalue weighted by Crippen LogP contribution is -2.25. The third-order valence-electron chi connectivity index (χ3n) is 6.02. The highest BCUT2D eigenvalue weighted by Crippen LogP contribution is 2.46. The number of aromatic carboxylic acids is 1. The van der Waals surface area contributed by atoms with Gasteiger partial charge in [-0.25, -0.2) is 4.79 Å². The third kappa shape index (κ3) is 4.50. The van der Waals surface area contributed by atoms with Crippen molar-refractivity contribution in [3.05, 3.63) is 89.5 Å². The number of hydrogen-bond donors (Lipinski definition) is 2. The Morgan fingerprint density at radius 1 is 1.07 bits per heavy atom. The van der Waals surface area contributed by atoms with E-state index in [1.165, 1.54) is 0 Å². The Morgan fingerprint density at radius 2 is 1.79 bits per heavy atom. The molecule has 2 N–H and O–H groups in total. The summed E-state index contributed by atoms with van der Waals surface area (Å²) in [5.41, 5.74) is 2.19. The minimum absolute atomic E-state index is 0.243. The average molecular weight is 390 g/mol. The molecule has 0 aliphatic carbocycles. The second-order valence-electron chi connectivity index (χ2n) is 7.84. The van der Waals surface area contributed by atoms with Crippen molar-refractivity contribution in [2.24, 2.45) is 11.8 Å². The summed E-state index contributed by atoms with van der Waals surface area (Å²) in [5, 5.41) is 19.4. The number of carbonyl (C=O) groups is 1. The number of carboxylic acids is 1. The van der Waals surface area contributed by atoms with Gasteiger partial charge < -0.3 is 14.9 Å². The van der Waals surface area contributed by atoms with E-state index in [1.54, 1.807) is 12.1 Å². The van der Waals surface area contributed by atoms with Crippen molar-refractivity contribution >= 4 is 12.0 Å². The van der Waals surface area contributed by atoms with Crippen LogP contribution < -0.4 is 0 Å². The van der Waals surface area contributed by atoms with Crippen LogP contribution in [0.25, 0.3) is 6.08 Å². The van der Waals surface area contributed by atoms with E-state index >= 15 is 0 Å². The number of hydrogen-bond acceptors (Lipinski definition) is 3. The van der Waals surface area contributed by atoms with E-state index in [0.29, 0.717) is 17.4 Å². The standard InChI is InChI=1S/C25H26O4/c26-22(18-6-2-1-3-7-18)14-13-21-20(23-15-16-24(21)29-23)8-4-5-17-9-11-19(12-10-17)25(27)28/h1-7,9-14,20-24,26H,8,15-16H2,(H,27,28)/t20-,21+,22?,23-,24+/m1/s1. The summed E-state index contributed by atoms with van der Waals surface area (Å²) >= 11 is 0. The zero-order chi connectivity index (χ0) is 20.2. The van der Waals surface area contributed by atoms with Gasteiger partial charge in [0, 0.05) is 5.92 Å². The van der Waals surface area contributed by atoms with E-state index in [9.17, 15) is 9.90 Å². The average Bonchev–Trinajstić information content (AvgIpc) is 3.35. The molecule has 0 saturated carbocycles. The van der Waals surface area contributed by atoms with Crippen molar-refractivity contribution < 1.29 is 19.7 Å².